The molecule has 17 heavy (non-hydrogen) atoms. The zero-order valence-electron chi connectivity index (χ0n) is 10.6. The maximum Gasteiger partial charge on any atom is 0.232 e. The third-order valence-corrected chi connectivity index (χ3v) is 5.13. The highest BCUT2D eigenvalue weighted by Crippen LogP contribution is 2.28. The molecule has 2 fully saturated rings. The van der Waals surface area contributed by atoms with Gasteiger partial charge in [-0.15, -0.1) is 11.8 Å². The minimum atomic E-state index is 0.342. The fraction of sp³-hybridized carbons (Fsp3) is 0.923. The topological polar surface area (TPSA) is 46.3 Å². The maximum atomic E-state index is 12.0. The summed E-state index contributed by atoms with van der Waals surface area (Å²) in [5, 5.41) is 0.618. The van der Waals surface area contributed by atoms with Gasteiger partial charge in [-0.1, -0.05) is 6.42 Å². The molecular formula is C13H24N2OS. The Morgan fingerprint density at radius 3 is 2.65 bits per heavy atom. The normalized spacial score (nSPS) is 30.3. The first-order chi connectivity index (χ1) is 8.25. The fourth-order valence-electron chi connectivity index (χ4n) is 2.76. The average Bonchev–Trinajstić information content (AvgIpc) is 2.37. The van der Waals surface area contributed by atoms with Gasteiger partial charge in [0.15, 0.2) is 0 Å². The number of nitrogens with zero attached hydrogens (tertiary/aromatic N) is 1. The fourth-order valence-corrected chi connectivity index (χ4v) is 4.03. The highest BCUT2D eigenvalue weighted by atomic mass is 32.2. The monoisotopic (exact) mass is 256 g/mol. The Morgan fingerprint density at radius 2 is 1.94 bits per heavy atom. The summed E-state index contributed by atoms with van der Waals surface area (Å²) in [7, 11) is 0. The molecule has 2 atom stereocenters. The van der Waals surface area contributed by atoms with Crippen LogP contribution >= 0.6 is 11.8 Å². The second kappa shape index (κ2) is 6.64. The molecule has 1 aliphatic heterocycles. The number of amides is 1. The van der Waals surface area contributed by atoms with E-state index in [0.29, 0.717) is 23.0 Å². The minimum absolute atomic E-state index is 0.342. The molecule has 0 bridgehead atoms. The quantitative estimate of drug-likeness (QED) is 0.840. The van der Waals surface area contributed by atoms with Crippen LogP contribution in [0.5, 0.6) is 0 Å². The highest BCUT2D eigenvalue weighted by Gasteiger charge is 2.22. The standard InChI is InChI=1S/C13H24N2OS/c14-11-5-4-6-12(9-11)17-10-13(16)15-7-2-1-3-8-15/h11-12H,1-10,14H2. The van der Waals surface area contributed by atoms with Crippen molar-refractivity contribution in [3.63, 3.8) is 0 Å². The van der Waals surface area contributed by atoms with E-state index in [9.17, 15) is 4.79 Å². The van der Waals surface area contributed by atoms with Gasteiger partial charge in [0, 0.05) is 24.4 Å². The summed E-state index contributed by atoms with van der Waals surface area (Å²) in [6.45, 7) is 1.95. The Hall–Kier alpha value is -0.220. The first kappa shape index (κ1) is 13.2. The minimum Gasteiger partial charge on any atom is -0.342 e. The Kier molecular flexibility index (Phi) is 5.16. The summed E-state index contributed by atoms with van der Waals surface area (Å²) in [5.41, 5.74) is 5.97. The molecule has 0 aromatic carbocycles. The van der Waals surface area contributed by atoms with Gasteiger partial charge in [-0.05, 0) is 38.5 Å². The summed E-state index contributed by atoms with van der Waals surface area (Å²) < 4.78 is 0. The molecule has 0 aromatic heterocycles. The second-order valence-corrected chi connectivity index (χ2v) is 6.59. The first-order valence-electron chi connectivity index (χ1n) is 6.90. The average molecular weight is 256 g/mol. The molecule has 1 saturated heterocycles. The molecule has 2 N–H and O–H groups in total. The van der Waals surface area contributed by atoms with Crippen molar-refractivity contribution < 1.29 is 4.79 Å². The van der Waals surface area contributed by atoms with Crippen LogP contribution in [-0.2, 0) is 4.79 Å². The maximum absolute atomic E-state index is 12.0. The van der Waals surface area contributed by atoms with Crippen molar-refractivity contribution in [1.82, 2.24) is 4.90 Å². The van der Waals surface area contributed by atoms with E-state index >= 15 is 0 Å². The molecule has 98 valence electrons. The van der Waals surface area contributed by atoms with Crippen molar-refractivity contribution in [2.75, 3.05) is 18.8 Å². The van der Waals surface area contributed by atoms with Crippen molar-refractivity contribution in [3.05, 3.63) is 0 Å². The summed E-state index contributed by atoms with van der Waals surface area (Å²) in [6.07, 6.45) is 8.39. The lowest BCUT2D eigenvalue weighted by molar-refractivity contribution is -0.129. The van der Waals surface area contributed by atoms with E-state index in [4.69, 9.17) is 5.73 Å². The predicted molar refractivity (Wildman–Crippen MR) is 73.1 cm³/mol. The third kappa shape index (κ3) is 4.18. The SMILES string of the molecule is NC1CCCC(SCC(=O)N2CCCCC2)C1. The molecule has 2 unspecified atom stereocenters. The molecule has 1 heterocycles. The van der Waals surface area contributed by atoms with Crippen LogP contribution in [0, 0.1) is 0 Å². The van der Waals surface area contributed by atoms with Crippen LogP contribution in [0.25, 0.3) is 0 Å². The van der Waals surface area contributed by atoms with Gasteiger partial charge in [0.1, 0.15) is 0 Å². The number of likely N-dealkylation sites (tertiary alicyclic amines) is 1. The van der Waals surface area contributed by atoms with Crippen molar-refractivity contribution in [2.45, 2.75) is 56.2 Å². The molecular weight excluding hydrogens is 232 g/mol. The van der Waals surface area contributed by atoms with Gasteiger partial charge in [0.2, 0.25) is 5.91 Å². The van der Waals surface area contributed by atoms with Crippen LogP contribution in [0.3, 0.4) is 0 Å². The Bertz CT molecular complexity index is 254. The van der Waals surface area contributed by atoms with Crippen molar-refractivity contribution >= 4 is 17.7 Å². The van der Waals surface area contributed by atoms with Crippen molar-refractivity contribution in [2.24, 2.45) is 5.73 Å². The molecule has 4 heteroatoms. The van der Waals surface area contributed by atoms with Gasteiger partial charge in [0.25, 0.3) is 0 Å². The van der Waals surface area contributed by atoms with E-state index in [1.165, 1.54) is 32.1 Å². The van der Waals surface area contributed by atoms with Gasteiger partial charge >= 0.3 is 0 Å². The number of piperidine rings is 1. The molecule has 0 spiro atoms. The van der Waals surface area contributed by atoms with Gasteiger partial charge in [0.05, 0.1) is 5.75 Å². The highest BCUT2D eigenvalue weighted by molar-refractivity contribution is 8.00. The molecule has 0 radical (unpaired) electrons. The Balaban J connectivity index is 1.68. The van der Waals surface area contributed by atoms with Crippen LogP contribution in [0.15, 0.2) is 0 Å². The van der Waals surface area contributed by atoms with E-state index in [1.807, 2.05) is 16.7 Å². The van der Waals surface area contributed by atoms with Gasteiger partial charge in [-0.25, -0.2) is 0 Å². The number of rotatable bonds is 3. The summed E-state index contributed by atoms with van der Waals surface area (Å²) >= 11 is 1.83. The van der Waals surface area contributed by atoms with Gasteiger partial charge < -0.3 is 10.6 Å². The smallest absolute Gasteiger partial charge is 0.232 e. The largest absolute Gasteiger partial charge is 0.342 e. The molecule has 3 nitrogen and oxygen atoms in total. The number of thioether (sulfide) groups is 1. The van der Waals surface area contributed by atoms with Crippen LogP contribution in [-0.4, -0.2) is 40.9 Å². The van der Waals surface area contributed by atoms with Crippen LogP contribution < -0.4 is 5.73 Å². The van der Waals surface area contributed by atoms with Crippen molar-refractivity contribution in [3.8, 4) is 0 Å². The van der Waals surface area contributed by atoms with E-state index in [0.717, 1.165) is 25.9 Å². The number of nitrogens with two attached hydrogens (primary N) is 1. The number of hydrogen-bond donors (Lipinski definition) is 1. The van der Waals surface area contributed by atoms with Gasteiger partial charge in [-0.3, -0.25) is 4.79 Å². The van der Waals surface area contributed by atoms with Crippen LogP contribution in [0.4, 0.5) is 0 Å². The zero-order chi connectivity index (χ0) is 12.1. The second-order valence-electron chi connectivity index (χ2n) is 5.30. The molecule has 1 amide bonds. The summed E-state index contributed by atoms with van der Waals surface area (Å²) in [5.74, 6) is 1.01. The Morgan fingerprint density at radius 1 is 1.18 bits per heavy atom. The van der Waals surface area contributed by atoms with E-state index in [2.05, 4.69) is 0 Å². The Labute approximate surface area is 108 Å². The van der Waals surface area contributed by atoms with Crippen molar-refractivity contribution in [1.29, 1.82) is 0 Å². The van der Waals surface area contributed by atoms with Crippen LogP contribution in [0.1, 0.15) is 44.9 Å². The van der Waals surface area contributed by atoms with E-state index in [-0.39, 0.29) is 0 Å². The number of carbonyl (C=O) groups excluding carboxylic acids is 1. The lowest BCUT2D eigenvalue weighted by Crippen LogP contribution is -2.37. The lowest BCUT2D eigenvalue weighted by Gasteiger charge is -2.29. The molecule has 2 aliphatic rings. The zero-order valence-corrected chi connectivity index (χ0v) is 11.4. The van der Waals surface area contributed by atoms with E-state index in [1.54, 1.807) is 0 Å². The molecule has 0 aromatic rings. The first-order valence-corrected chi connectivity index (χ1v) is 7.95. The summed E-state index contributed by atoms with van der Waals surface area (Å²) in [4.78, 5) is 14.0. The molecule has 1 aliphatic carbocycles. The predicted octanol–water partition coefficient (Wildman–Crippen LogP) is 2.00. The van der Waals surface area contributed by atoms with Crippen LogP contribution in [0.2, 0.25) is 0 Å². The lowest BCUT2D eigenvalue weighted by atomic mass is 9.96. The summed E-state index contributed by atoms with van der Waals surface area (Å²) in [6, 6.07) is 0.367. The molecule has 2 rings (SSSR count). The third-order valence-electron chi connectivity index (χ3n) is 3.82. The van der Waals surface area contributed by atoms with E-state index < -0.39 is 0 Å². The van der Waals surface area contributed by atoms with Gasteiger partial charge in [-0.2, -0.15) is 0 Å². The molecule has 1 saturated carbocycles. The number of hydrogen-bond acceptors (Lipinski definition) is 3. The number of carbonyl (C=O) groups is 1.